The molecule has 0 fully saturated rings. The number of rotatable bonds is 3. The number of amides is 1. The van der Waals surface area contributed by atoms with Gasteiger partial charge in [-0.15, -0.1) is 0 Å². The van der Waals surface area contributed by atoms with E-state index in [9.17, 15) is 26.4 Å². The maximum atomic E-state index is 12.1. The Morgan fingerprint density at radius 2 is 1.91 bits per heavy atom. The van der Waals surface area contributed by atoms with Crippen molar-refractivity contribution >= 4 is 16.2 Å². The van der Waals surface area contributed by atoms with Crippen LogP contribution in [0, 0.1) is 0 Å². The molecule has 0 N–H and O–H groups in total. The summed E-state index contributed by atoms with van der Waals surface area (Å²) < 4.78 is 68.3. The van der Waals surface area contributed by atoms with E-state index in [0.29, 0.717) is 0 Å². The Kier molecular flexibility index (Phi) is 5.37. The van der Waals surface area contributed by atoms with Gasteiger partial charge in [0.25, 0.3) is 0 Å². The molecule has 1 aliphatic rings. The minimum absolute atomic E-state index is 0.00364. The largest absolute Gasteiger partial charge is 0.444 e. The van der Waals surface area contributed by atoms with Crippen LogP contribution in [0.1, 0.15) is 27.2 Å². The van der Waals surface area contributed by atoms with E-state index in [-0.39, 0.29) is 25.3 Å². The zero-order valence-electron chi connectivity index (χ0n) is 12.4. The number of alkyl halides is 3. The van der Waals surface area contributed by atoms with Crippen molar-refractivity contribution in [2.45, 2.75) is 39.0 Å². The van der Waals surface area contributed by atoms with Crippen molar-refractivity contribution in [2.24, 2.45) is 0 Å². The smallest absolute Gasteiger partial charge is 0.410 e. The zero-order valence-corrected chi connectivity index (χ0v) is 13.3. The highest BCUT2D eigenvalue weighted by molar-refractivity contribution is 7.86. The highest BCUT2D eigenvalue weighted by Gasteiger charge is 2.37. The number of hydrogen-bond donors (Lipinski definition) is 0. The van der Waals surface area contributed by atoms with Crippen molar-refractivity contribution in [3.63, 3.8) is 0 Å². The first-order valence-electron chi connectivity index (χ1n) is 6.43. The fourth-order valence-electron chi connectivity index (χ4n) is 1.61. The Bertz CT molecular complexity index is 548. The SMILES string of the molecule is CC(C)(C)OC(=O)N1CC=C(OS(=O)(=O)CC(F)(F)F)CC1. The van der Waals surface area contributed by atoms with Gasteiger partial charge in [0.2, 0.25) is 0 Å². The minimum atomic E-state index is -4.86. The molecule has 0 radical (unpaired) electrons. The number of carbonyl (C=O) groups excluding carboxylic acids is 1. The van der Waals surface area contributed by atoms with E-state index in [1.807, 2.05) is 0 Å². The van der Waals surface area contributed by atoms with Crippen LogP contribution in [-0.2, 0) is 19.0 Å². The summed E-state index contributed by atoms with van der Waals surface area (Å²) in [7, 11) is -4.73. The molecule has 1 rings (SSSR count). The molecule has 6 nitrogen and oxygen atoms in total. The van der Waals surface area contributed by atoms with E-state index in [1.54, 1.807) is 20.8 Å². The number of nitrogens with zero attached hydrogens (tertiary/aromatic N) is 1. The number of ether oxygens (including phenoxy) is 1. The van der Waals surface area contributed by atoms with Crippen LogP contribution in [0.5, 0.6) is 0 Å². The predicted molar refractivity (Wildman–Crippen MR) is 71.4 cm³/mol. The molecule has 0 aromatic carbocycles. The fraction of sp³-hybridized carbons (Fsp3) is 0.750. The van der Waals surface area contributed by atoms with Gasteiger partial charge in [0.1, 0.15) is 11.4 Å². The third-order valence-electron chi connectivity index (χ3n) is 2.39. The first-order chi connectivity index (χ1) is 9.77. The molecule has 1 aliphatic heterocycles. The zero-order chi connectivity index (χ0) is 17.2. The molecule has 0 unspecified atom stereocenters. The van der Waals surface area contributed by atoms with Gasteiger partial charge >= 0.3 is 22.4 Å². The van der Waals surface area contributed by atoms with Gasteiger partial charge in [-0.2, -0.15) is 21.6 Å². The van der Waals surface area contributed by atoms with E-state index in [2.05, 4.69) is 4.18 Å². The second-order valence-electron chi connectivity index (χ2n) is 5.75. The van der Waals surface area contributed by atoms with Gasteiger partial charge in [0.15, 0.2) is 5.75 Å². The minimum Gasteiger partial charge on any atom is -0.444 e. The molecule has 0 atom stereocenters. The Morgan fingerprint density at radius 3 is 2.32 bits per heavy atom. The number of carbonyl (C=O) groups is 1. The molecule has 0 spiro atoms. The molecule has 22 heavy (non-hydrogen) atoms. The van der Waals surface area contributed by atoms with E-state index >= 15 is 0 Å². The summed E-state index contributed by atoms with van der Waals surface area (Å²) in [6.45, 7) is 5.20. The molecule has 0 aliphatic carbocycles. The summed E-state index contributed by atoms with van der Waals surface area (Å²) in [5.74, 6) is -2.16. The van der Waals surface area contributed by atoms with Gasteiger partial charge in [0, 0.05) is 19.5 Å². The van der Waals surface area contributed by atoms with Crippen molar-refractivity contribution in [1.29, 1.82) is 0 Å². The standard InChI is InChI=1S/C12H18F3NO5S/c1-11(2,3)20-10(17)16-6-4-9(5-7-16)21-22(18,19)8-12(13,14)15/h4H,5-8H2,1-3H3. The Morgan fingerprint density at radius 1 is 1.32 bits per heavy atom. The van der Waals surface area contributed by atoms with Crippen LogP contribution in [-0.4, -0.2) is 50.0 Å². The quantitative estimate of drug-likeness (QED) is 0.735. The third kappa shape index (κ3) is 7.01. The van der Waals surface area contributed by atoms with Crippen LogP contribution >= 0.6 is 0 Å². The topological polar surface area (TPSA) is 72.9 Å². The predicted octanol–water partition coefficient (Wildman–Crippen LogP) is 2.42. The lowest BCUT2D eigenvalue weighted by atomic mass is 10.2. The number of hydrogen-bond acceptors (Lipinski definition) is 5. The molecule has 0 saturated heterocycles. The van der Waals surface area contributed by atoms with Crippen LogP contribution in [0.4, 0.5) is 18.0 Å². The monoisotopic (exact) mass is 345 g/mol. The second kappa shape index (κ2) is 6.35. The van der Waals surface area contributed by atoms with Crippen molar-refractivity contribution in [2.75, 3.05) is 18.8 Å². The molecule has 1 heterocycles. The van der Waals surface area contributed by atoms with E-state index in [1.165, 1.54) is 11.0 Å². The highest BCUT2D eigenvalue weighted by atomic mass is 32.2. The van der Waals surface area contributed by atoms with Gasteiger partial charge in [-0.25, -0.2) is 4.79 Å². The summed E-state index contributed by atoms with van der Waals surface area (Å²) >= 11 is 0. The fourth-order valence-corrected chi connectivity index (χ4v) is 2.55. The van der Waals surface area contributed by atoms with Crippen molar-refractivity contribution in [3.05, 3.63) is 11.8 Å². The van der Waals surface area contributed by atoms with Crippen LogP contribution in [0.15, 0.2) is 11.8 Å². The van der Waals surface area contributed by atoms with Gasteiger partial charge < -0.3 is 13.8 Å². The highest BCUT2D eigenvalue weighted by Crippen LogP contribution is 2.22. The van der Waals surface area contributed by atoms with Gasteiger partial charge in [-0.1, -0.05) is 0 Å². The van der Waals surface area contributed by atoms with Crippen LogP contribution in [0.2, 0.25) is 0 Å². The van der Waals surface area contributed by atoms with Gasteiger partial charge in [0.05, 0.1) is 0 Å². The molecule has 1 amide bonds. The summed E-state index contributed by atoms with van der Waals surface area (Å²) in [5.41, 5.74) is -0.673. The average molecular weight is 345 g/mol. The molecule has 0 aromatic heterocycles. The molecular formula is C12H18F3NO5S. The van der Waals surface area contributed by atoms with Crippen molar-refractivity contribution in [1.82, 2.24) is 4.90 Å². The Hall–Kier alpha value is -1.45. The Labute approximate surface area is 127 Å². The maximum Gasteiger partial charge on any atom is 0.410 e. The van der Waals surface area contributed by atoms with Crippen molar-refractivity contribution in [3.8, 4) is 0 Å². The maximum absolute atomic E-state index is 12.1. The summed E-state index contributed by atoms with van der Waals surface area (Å²) in [6.07, 6.45) is -4.20. The van der Waals surface area contributed by atoms with Gasteiger partial charge in [-0.3, -0.25) is 0 Å². The lowest BCUT2D eigenvalue weighted by molar-refractivity contribution is -0.107. The lowest BCUT2D eigenvalue weighted by Gasteiger charge is -2.29. The first kappa shape index (κ1) is 18.6. The lowest BCUT2D eigenvalue weighted by Crippen LogP contribution is -2.39. The first-order valence-corrected chi connectivity index (χ1v) is 8.01. The molecule has 10 heteroatoms. The summed E-state index contributed by atoms with van der Waals surface area (Å²) in [6, 6.07) is 0. The van der Waals surface area contributed by atoms with E-state index < -0.39 is 33.7 Å². The Balaban J connectivity index is 2.60. The molecule has 0 aromatic rings. The molecular weight excluding hydrogens is 327 g/mol. The van der Waals surface area contributed by atoms with E-state index in [0.717, 1.165) is 0 Å². The molecule has 0 bridgehead atoms. The number of halogens is 3. The van der Waals surface area contributed by atoms with Gasteiger partial charge in [-0.05, 0) is 26.8 Å². The van der Waals surface area contributed by atoms with Crippen molar-refractivity contribution < 1.29 is 35.3 Å². The third-order valence-corrected chi connectivity index (χ3v) is 3.54. The molecule has 0 saturated carbocycles. The van der Waals surface area contributed by atoms with Crippen LogP contribution in [0.25, 0.3) is 0 Å². The summed E-state index contributed by atoms with van der Waals surface area (Å²) in [4.78, 5) is 13.1. The van der Waals surface area contributed by atoms with Crippen LogP contribution < -0.4 is 0 Å². The summed E-state index contributed by atoms with van der Waals surface area (Å²) in [5, 5.41) is 0. The second-order valence-corrected chi connectivity index (χ2v) is 7.32. The van der Waals surface area contributed by atoms with Crippen LogP contribution in [0.3, 0.4) is 0 Å². The normalized spacial score (nSPS) is 17.0. The molecule has 128 valence electrons. The van der Waals surface area contributed by atoms with E-state index in [4.69, 9.17) is 4.74 Å². The average Bonchev–Trinajstić information content (AvgIpc) is 2.23.